The van der Waals surface area contributed by atoms with Crippen molar-refractivity contribution in [3.8, 4) is 0 Å². The summed E-state index contributed by atoms with van der Waals surface area (Å²) in [4.78, 5) is 0. The Morgan fingerprint density at radius 1 is 1.00 bits per heavy atom. The molecule has 28 heavy (non-hydrogen) atoms. The minimum absolute atomic E-state index is 0.0167. The van der Waals surface area contributed by atoms with Gasteiger partial charge in [-0.1, -0.05) is 49.8 Å². The summed E-state index contributed by atoms with van der Waals surface area (Å²) < 4.78 is 17.5. The maximum atomic E-state index is 6.02. The molecule has 1 aliphatic heterocycles. The Morgan fingerprint density at radius 3 is 2.29 bits per heavy atom. The van der Waals surface area contributed by atoms with E-state index in [2.05, 4.69) is 31.2 Å². The number of benzene rings is 1. The SMILES string of the molecule is C/C=C/COC1COC(c2ccc(C34CCC(CCC)(CC3)CC4)cc2)CO1. The molecule has 1 aromatic carbocycles. The van der Waals surface area contributed by atoms with Crippen LogP contribution in [0.15, 0.2) is 36.4 Å². The highest BCUT2D eigenvalue weighted by Gasteiger charge is 2.48. The fourth-order valence-corrected chi connectivity index (χ4v) is 5.69. The van der Waals surface area contributed by atoms with E-state index in [0.29, 0.717) is 30.7 Å². The number of ether oxygens (including phenoxy) is 3. The Hall–Kier alpha value is -1.16. The monoisotopic (exact) mass is 384 g/mol. The van der Waals surface area contributed by atoms with Gasteiger partial charge in [-0.2, -0.15) is 0 Å². The van der Waals surface area contributed by atoms with E-state index in [1.807, 2.05) is 19.1 Å². The molecule has 0 N–H and O–H groups in total. The molecule has 3 heteroatoms. The molecule has 4 fully saturated rings. The average Bonchev–Trinajstić information content (AvgIpc) is 2.76. The van der Waals surface area contributed by atoms with Crippen molar-refractivity contribution in [1.82, 2.24) is 0 Å². The van der Waals surface area contributed by atoms with Gasteiger partial charge in [-0.25, -0.2) is 0 Å². The third kappa shape index (κ3) is 4.08. The molecule has 3 nitrogen and oxygen atoms in total. The van der Waals surface area contributed by atoms with Crippen LogP contribution < -0.4 is 0 Å². The maximum Gasteiger partial charge on any atom is 0.181 e. The van der Waals surface area contributed by atoms with Crippen LogP contribution in [0, 0.1) is 5.41 Å². The standard InChI is InChI=1S/C25H36O3/c1-3-5-17-26-23-19-27-22(18-28-23)20-6-8-21(9-7-20)25-14-11-24(10-4-2,12-15-25)13-16-25/h3,5-9,22-23H,4,10-19H2,1-2H3/b5-3+. The molecular weight excluding hydrogens is 348 g/mol. The Bertz CT molecular complexity index is 630. The van der Waals surface area contributed by atoms with Crippen molar-refractivity contribution in [2.24, 2.45) is 5.41 Å². The van der Waals surface area contributed by atoms with E-state index in [-0.39, 0.29) is 12.4 Å². The van der Waals surface area contributed by atoms with Crippen molar-refractivity contribution in [2.75, 3.05) is 19.8 Å². The second-order valence-electron chi connectivity index (χ2n) is 9.14. The van der Waals surface area contributed by atoms with Crippen LogP contribution in [-0.4, -0.2) is 26.1 Å². The zero-order valence-electron chi connectivity index (χ0n) is 17.6. The quantitative estimate of drug-likeness (QED) is 0.533. The first-order valence-electron chi connectivity index (χ1n) is 11.3. The fourth-order valence-electron chi connectivity index (χ4n) is 5.69. The van der Waals surface area contributed by atoms with E-state index in [0.717, 1.165) is 0 Å². The van der Waals surface area contributed by atoms with E-state index in [4.69, 9.17) is 14.2 Å². The van der Waals surface area contributed by atoms with E-state index in [1.165, 1.54) is 56.9 Å². The lowest BCUT2D eigenvalue weighted by molar-refractivity contribution is -0.232. The molecule has 1 saturated heterocycles. The lowest BCUT2D eigenvalue weighted by Crippen LogP contribution is -2.44. The average molecular weight is 385 g/mol. The van der Waals surface area contributed by atoms with E-state index < -0.39 is 0 Å². The second kappa shape index (κ2) is 8.69. The molecule has 1 aromatic rings. The Labute approximate surface area is 170 Å². The largest absolute Gasteiger partial charge is 0.366 e. The summed E-state index contributed by atoms with van der Waals surface area (Å²) in [5.74, 6) is 0. The van der Waals surface area contributed by atoms with Gasteiger partial charge in [0.25, 0.3) is 0 Å². The minimum Gasteiger partial charge on any atom is -0.366 e. The Kier molecular flexibility index (Phi) is 6.24. The minimum atomic E-state index is -0.251. The number of rotatable bonds is 7. The number of allylic oxidation sites excluding steroid dienone is 1. The zero-order chi connectivity index (χ0) is 19.5. The summed E-state index contributed by atoms with van der Waals surface area (Å²) in [7, 11) is 0. The molecule has 4 aliphatic rings. The highest BCUT2D eigenvalue weighted by molar-refractivity contribution is 5.32. The fraction of sp³-hybridized carbons (Fsp3) is 0.680. The van der Waals surface area contributed by atoms with Crippen LogP contribution in [0.3, 0.4) is 0 Å². The predicted octanol–water partition coefficient (Wildman–Crippen LogP) is 6.09. The molecule has 0 aromatic heterocycles. The molecule has 1 heterocycles. The van der Waals surface area contributed by atoms with Gasteiger partial charge >= 0.3 is 0 Å². The van der Waals surface area contributed by atoms with Gasteiger partial charge in [0.05, 0.1) is 19.8 Å². The van der Waals surface area contributed by atoms with E-state index >= 15 is 0 Å². The normalized spacial score (nSPS) is 35.5. The van der Waals surface area contributed by atoms with Crippen LogP contribution in [0.5, 0.6) is 0 Å². The maximum absolute atomic E-state index is 6.02. The molecule has 2 atom stereocenters. The van der Waals surface area contributed by atoms with Crippen LogP contribution in [0.2, 0.25) is 0 Å². The van der Waals surface area contributed by atoms with Crippen molar-refractivity contribution in [3.05, 3.63) is 47.5 Å². The van der Waals surface area contributed by atoms with Crippen molar-refractivity contribution >= 4 is 0 Å². The molecule has 0 amide bonds. The molecule has 3 saturated carbocycles. The molecular formula is C25H36O3. The van der Waals surface area contributed by atoms with Gasteiger partial charge in [0.1, 0.15) is 6.10 Å². The first-order chi connectivity index (χ1) is 13.7. The van der Waals surface area contributed by atoms with Gasteiger partial charge in [0.2, 0.25) is 0 Å². The van der Waals surface area contributed by atoms with Gasteiger partial charge in [0, 0.05) is 0 Å². The van der Waals surface area contributed by atoms with Gasteiger partial charge in [0.15, 0.2) is 6.29 Å². The number of hydrogen-bond donors (Lipinski definition) is 0. The van der Waals surface area contributed by atoms with E-state index in [9.17, 15) is 0 Å². The van der Waals surface area contributed by atoms with Crippen LogP contribution in [-0.2, 0) is 19.6 Å². The summed E-state index contributed by atoms with van der Waals surface area (Å²) in [6, 6.07) is 9.26. The van der Waals surface area contributed by atoms with Crippen LogP contribution >= 0.6 is 0 Å². The van der Waals surface area contributed by atoms with Crippen LogP contribution in [0.25, 0.3) is 0 Å². The van der Waals surface area contributed by atoms with Crippen LogP contribution in [0.1, 0.15) is 82.4 Å². The first kappa shape index (κ1) is 20.1. The molecule has 3 aliphatic carbocycles. The molecule has 154 valence electrons. The summed E-state index contributed by atoms with van der Waals surface area (Å²) in [6.45, 7) is 5.96. The third-order valence-corrected chi connectivity index (χ3v) is 7.56. The predicted molar refractivity (Wildman–Crippen MR) is 112 cm³/mol. The van der Waals surface area contributed by atoms with Crippen molar-refractivity contribution in [2.45, 2.75) is 83.0 Å². The third-order valence-electron chi connectivity index (χ3n) is 7.56. The summed E-state index contributed by atoms with van der Waals surface area (Å²) in [5.41, 5.74) is 3.88. The molecule has 5 rings (SSSR count). The van der Waals surface area contributed by atoms with Crippen molar-refractivity contribution in [3.63, 3.8) is 0 Å². The summed E-state index contributed by atoms with van der Waals surface area (Å²) in [5, 5.41) is 0. The topological polar surface area (TPSA) is 27.7 Å². The zero-order valence-corrected chi connectivity index (χ0v) is 17.6. The molecule has 0 radical (unpaired) electrons. The van der Waals surface area contributed by atoms with Crippen molar-refractivity contribution in [1.29, 1.82) is 0 Å². The Morgan fingerprint density at radius 2 is 1.71 bits per heavy atom. The van der Waals surface area contributed by atoms with Crippen LogP contribution in [0.4, 0.5) is 0 Å². The molecule has 2 unspecified atom stereocenters. The lowest BCUT2D eigenvalue weighted by Gasteiger charge is -2.54. The van der Waals surface area contributed by atoms with Gasteiger partial charge in [-0.05, 0) is 73.8 Å². The Balaban J connectivity index is 1.34. The highest BCUT2D eigenvalue weighted by atomic mass is 16.7. The van der Waals surface area contributed by atoms with Gasteiger partial charge in [-0.15, -0.1) is 0 Å². The lowest BCUT2D eigenvalue weighted by atomic mass is 9.51. The smallest absolute Gasteiger partial charge is 0.181 e. The second-order valence-corrected chi connectivity index (χ2v) is 9.14. The number of fused-ring (bicyclic) bond motifs is 3. The van der Waals surface area contributed by atoms with Gasteiger partial charge in [-0.3, -0.25) is 0 Å². The van der Waals surface area contributed by atoms with E-state index in [1.54, 1.807) is 5.56 Å². The van der Waals surface area contributed by atoms with Gasteiger partial charge < -0.3 is 14.2 Å². The summed E-state index contributed by atoms with van der Waals surface area (Å²) in [6.07, 6.45) is 14.9. The first-order valence-corrected chi connectivity index (χ1v) is 11.3. The van der Waals surface area contributed by atoms with Crippen molar-refractivity contribution < 1.29 is 14.2 Å². The number of hydrogen-bond acceptors (Lipinski definition) is 3. The molecule has 0 spiro atoms. The highest BCUT2D eigenvalue weighted by Crippen LogP contribution is 2.59. The summed E-state index contributed by atoms with van der Waals surface area (Å²) >= 11 is 0. The molecule has 2 bridgehead atoms.